The lowest BCUT2D eigenvalue weighted by Crippen LogP contribution is -2.29. The standard InChI is InChI=1S/C22H20F2N2O3S/c1-15-3-5-16(6-4-15)14-26(30(2,28)29)19-10-7-17(8-11-19)22(27)25-21-12-9-18(23)13-20(21)24/h3-13H,14H2,1-2H3,(H,25,27). The van der Waals surface area contributed by atoms with Crippen molar-refractivity contribution in [1.82, 2.24) is 0 Å². The average molecular weight is 430 g/mol. The minimum Gasteiger partial charge on any atom is -0.319 e. The number of benzene rings is 3. The number of hydrogen-bond donors (Lipinski definition) is 1. The van der Waals surface area contributed by atoms with E-state index in [2.05, 4.69) is 5.32 Å². The fourth-order valence-corrected chi connectivity index (χ4v) is 3.71. The van der Waals surface area contributed by atoms with Gasteiger partial charge in [-0.25, -0.2) is 17.2 Å². The van der Waals surface area contributed by atoms with Crippen LogP contribution in [0.25, 0.3) is 0 Å². The number of hydrogen-bond acceptors (Lipinski definition) is 3. The summed E-state index contributed by atoms with van der Waals surface area (Å²) in [5.41, 5.74) is 2.33. The Kier molecular flexibility index (Phi) is 6.17. The number of aryl methyl sites for hydroxylation is 1. The smallest absolute Gasteiger partial charge is 0.255 e. The van der Waals surface area contributed by atoms with E-state index >= 15 is 0 Å². The summed E-state index contributed by atoms with van der Waals surface area (Å²) in [5, 5.41) is 2.37. The molecule has 0 radical (unpaired) electrons. The third kappa shape index (κ3) is 5.21. The molecule has 3 aromatic rings. The van der Waals surface area contributed by atoms with Crippen molar-refractivity contribution >= 4 is 27.3 Å². The van der Waals surface area contributed by atoms with Crippen molar-refractivity contribution in [2.24, 2.45) is 0 Å². The monoisotopic (exact) mass is 430 g/mol. The van der Waals surface area contributed by atoms with E-state index < -0.39 is 27.6 Å². The number of nitrogens with zero attached hydrogens (tertiary/aromatic N) is 1. The van der Waals surface area contributed by atoms with E-state index in [4.69, 9.17) is 0 Å². The zero-order valence-electron chi connectivity index (χ0n) is 16.4. The molecule has 1 N–H and O–H groups in total. The number of rotatable bonds is 6. The Morgan fingerprint density at radius 1 is 0.967 bits per heavy atom. The summed E-state index contributed by atoms with van der Waals surface area (Å²) in [6, 6.07) is 16.2. The normalized spacial score (nSPS) is 11.2. The van der Waals surface area contributed by atoms with Gasteiger partial charge in [-0.3, -0.25) is 9.10 Å². The minimum absolute atomic E-state index is 0.144. The van der Waals surface area contributed by atoms with Crippen LogP contribution in [0.4, 0.5) is 20.2 Å². The van der Waals surface area contributed by atoms with Crippen molar-refractivity contribution in [3.8, 4) is 0 Å². The van der Waals surface area contributed by atoms with Crippen LogP contribution in [0.15, 0.2) is 66.7 Å². The van der Waals surface area contributed by atoms with Gasteiger partial charge >= 0.3 is 0 Å². The van der Waals surface area contributed by atoms with Crippen LogP contribution in [-0.4, -0.2) is 20.6 Å². The Labute approximate surface area is 174 Å². The van der Waals surface area contributed by atoms with Gasteiger partial charge in [-0.2, -0.15) is 0 Å². The predicted octanol–water partition coefficient (Wildman–Crippen LogP) is 4.49. The number of amides is 1. The first-order valence-electron chi connectivity index (χ1n) is 9.03. The Bertz CT molecular complexity index is 1160. The van der Waals surface area contributed by atoms with Crippen molar-refractivity contribution < 1.29 is 22.0 Å². The van der Waals surface area contributed by atoms with Crippen LogP contribution in [0.2, 0.25) is 0 Å². The highest BCUT2D eigenvalue weighted by atomic mass is 32.2. The molecule has 0 fully saturated rings. The number of sulfonamides is 1. The largest absolute Gasteiger partial charge is 0.319 e. The van der Waals surface area contributed by atoms with Crippen LogP contribution in [0.5, 0.6) is 0 Å². The number of carbonyl (C=O) groups excluding carboxylic acids is 1. The lowest BCUT2D eigenvalue weighted by atomic mass is 10.1. The lowest BCUT2D eigenvalue weighted by molar-refractivity contribution is 0.102. The molecule has 0 aliphatic rings. The molecule has 0 spiro atoms. The molecule has 0 saturated heterocycles. The molecule has 1 amide bonds. The van der Waals surface area contributed by atoms with Crippen molar-refractivity contribution in [1.29, 1.82) is 0 Å². The predicted molar refractivity (Wildman–Crippen MR) is 113 cm³/mol. The molecule has 0 heterocycles. The summed E-state index contributed by atoms with van der Waals surface area (Å²) in [4.78, 5) is 12.3. The molecule has 0 aromatic heterocycles. The molecule has 156 valence electrons. The lowest BCUT2D eigenvalue weighted by Gasteiger charge is -2.23. The van der Waals surface area contributed by atoms with Crippen molar-refractivity contribution in [2.75, 3.05) is 15.9 Å². The second-order valence-electron chi connectivity index (χ2n) is 6.88. The Hall–Kier alpha value is -3.26. The Balaban J connectivity index is 1.80. The Morgan fingerprint density at radius 2 is 1.60 bits per heavy atom. The molecule has 0 bridgehead atoms. The van der Waals surface area contributed by atoms with Gasteiger partial charge in [0.15, 0.2) is 0 Å². The summed E-state index contributed by atoms with van der Waals surface area (Å²) in [6.45, 7) is 2.09. The van der Waals surface area contributed by atoms with Gasteiger partial charge in [0.05, 0.1) is 24.2 Å². The maximum atomic E-state index is 13.7. The highest BCUT2D eigenvalue weighted by Gasteiger charge is 2.19. The minimum atomic E-state index is -3.57. The van der Waals surface area contributed by atoms with Crippen LogP contribution >= 0.6 is 0 Å². The van der Waals surface area contributed by atoms with Gasteiger partial charge in [0.2, 0.25) is 10.0 Å². The van der Waals surface area contributed by atoms with E-state index in [1.165, 1.54) is 28.6 Å². The number of anilines is 2. The Morgan fingerprint density at radius 3 is 2.17 bits per heavy atom. The second kappa shape index (κ2) is 8.62. The van der Waals surface area contributed by atoms with Crippen LogP contribution < -0.4 is 9.62 Å². The molecular formula is C22H20F2N2O3S. The zero-order valence-corrected chi connectivity index (χ0v) is 17.2. The van der Waals surface area contributed by atoms with Gasteiger partial charge in [0.1, 0.15) is 11.6 Å². The molecular weight excluding hydrogens is 410 g/mol. The molecule has 30 heavy (non-hydrogen) atoms. The maximum Gasteiger partial charge on any atom is 0.255 e. The van der Waals surface area contributed by atoms with Gasteiger partial charge in [-0.15, -0.1) is 0 Å². The molecule has 0 unspecified atom stereocenters. The average Bonchev–Trinajstić information content (AvgIpc) is 2.69. The quantitative estimate of drug-likeness (QED) is 0.627. The fourth-order valence-electron chi connectivity index (χ4n) is 2.82. The van der Waals surface area contributed by atoms with Crippen molar-refractivity contribution in [3.05, 3.63) is 95.1 Å². The van der Waals surface area contributed by atoms with E-state index in [1.807, 2.05) is 31.2 Å². The second-order valence-corrected chi connectivity index (χ2v) is 8.79. The number of carbonyl (C=O) groups is 1. The number of nitrogens with one attached hydrogen (secondary N) is 1. The van der Waals surface area contributed by atoms with Gasteiger partial charge in [0, 0.05) is 11.6 Å². The van der Waals surface area contributed by atoms with Crippen molar-refractivity contribution in [2.45, 2.75) is 13.5 Å². The molecule has 0 saturated carbocycles. The van der Waals surface area contributed by atoms with Gasteiger partial charge < -0.3 is 5.32 Å². The molecule has 0 aliphatic carbocycles. The molecule has 3 aromatic carbocycles. The van der Waals surface area contributed by atoms with Crippen LogP contribution in [0.1, 0.15) is 21.5 Å². The van der Waals surface area contributed by atoms with Crippen LogP contribution in [0, 0.1) is 18.6 Å². The van der Waals surface area contributed by atoms with Crippen LogP contribution in [-0.2, 0) is 16.6 Å². The molecule has 3 rings (SSSR count). The van der Waals surface area contributed by atoms with E-state index in [0.29, 0.717) is 11.8 Å². The van der Waals surface area contributed by atoms with E-state index in [1.54, 1.807) is 0 Å². The molecule has 0 aliphatic heterocycles. The van der Waals surface area contributed by atoms with E-state index in [9.17, 15) is 22.0 Å². The first kappa shape index (κ1) is 21.4. The molecule has 8 heteroatoms. The van der Waals surface area contributed by atoms with Crippen molar-refractivity contribution in [3.63, 3.8) is 0 Å². The van der Waals surface area contributed by atoms with Gasteiger partial charge in [0.25, 0.3) is 5.91 Å². The summed E-state index contributed by atoms with van der Waals surface area (Å²) < 4.78 is 52.6. The fraction of sp³-hybridized carbons (Fsp3) is 0.136. The topological polar surface area (TPSA) is 66.5 Å². The maximum absolute atomic E-state index is 13.7. The highest BCUT2D eigenvalue weighted by molar-refractivity contribution is 7.92. The molecule has 5 nitrogen and oxygen atoms in total. The van der Waals surface area contributed by atoms with Gasteiger partial charge in [-0.1, -0.05) is 29.8 Å². The number of halogens is 2. The third-order valence-corrected chi connectivity index (χ3v) is 5.58. The zero-order chi connectivity index (χ0) is 21.9. The van der Waals surface area contributed by atoms with Crippen LogP contribution in [0.3, 0.4) is 0 Å². The van der Waals surface area contributed by atoms with Gasteiger partial charge in [-0.05, 0) is 48.9 Å². The third-order valence-electron chi connectivity index (χ3n) is 4.44. The summed E-state index contributed by atoms with van der Waals surface area (Å²) in [7, 11) is -3.57. The first-order chi connectivity index (χ1) is 14.1. The first-order valence-corrected chi connectivity index (χ1v) is 10.9. The molecule has 0 atom stereocenters. The summed E-state index contributed by atoms with van der Waals surface area (Å²) >= 11 is 0. The highest BCUT2D eigenvalue weighted by Crippen LogP contribution is 2.22. The summed E-state index contributed by atoms with van der Waals surface area (Å²) in [5.74, 6) is -2.23. The summed E-state index contributed by atoms with van der Waals surface area (Å²) in [6.07, 6.45) is 1.11. The van der Waals surface area contributed by atoms with E-state index in [-0.39, 0.29) is 17.8 Å². The SMILES string of the molecule is Cc1ccc(CN(c2ccc(C(=O)Nc3ccc(F)cc3F)cc2)S(C)(=O)=O)cc1. The van der Waals surface area contributed by atoms with E-state index in [0.717, 1.165) is 29.5 Å².